The predicted octanol–water partition coefficient (Wildman–Crippen LogP) is 3.91. The summed E-state index contributed by atoms with van der Waals surface area (Å²) in [6, 6.07) is 5.42. The highest BCUT2D eigenvalue weighted by Gasteiger charge is 2.34. The first-order chi connectivity index (χ1) is 15.6. The van der Waals surface area contributed by atoms with Gasteiger partial charge in [-0.3, -0.25) is 9.48 Å². The molecule has 1 amide bonds. The number of carbonyl (C=O) groups excluding carboxylic acids is 1. The van der Waals surface area contributed by atoms with Crippen molar-refractivity contribution in [3.05, 3.63) is 47.9 Å². The third-order valence-electron chi connectivity index (χ3n) is 4.79. The van der Waals surface area contributed by atoms with Crippen LogP contribution >= 0.6 is 11.3 Å². The number of hydrogen-bond acceptors (Lipinski definition) is 7. The van der Waals surface area contributed by atoms with Crippen LogP contribution in [0, 0.1) is 0 Å². The molecule has 1 saturated heterocycles. The molecule has 5 N–H and O–H groups in total. The molecule has 0 bridgehead atoms. The Morgan fingerprint density at radius 3 is 2.73 bits per heavy atom. The summed E-state index contributed by atoms with van der Waals surface area (Å²) < 4.78 is 46.1. The van der Waals surface area contributed by atoms with Crippen LogP contribution in [0.5, 0.6) is 0 Å². The highest BCUT2D eigenvalue weighted by molar-refractivity contribution is 7.19. The maximum atomic E-state index is 13.1. The van der Waals surface area contributed by atoms with Crippen LogP contribution in [-0.4, -0.2) is 39.9 Å². The average Bonchev–Trinajstić information content (AvgIpc) is 3.26. The summed E-state index contributed by atoms with van der Waals surface area (Å²) in [5.41, 5.74) is 10.8. The van der Waals surface area contributed by atoms with Crippen molar-refractivity contribution in [1.82, 2.24) is 14.8 Å². The molecule has 1 atom stereocenters. The maximum Gasteiger partial charge on any atom is 0.417 e. The fourth-order valence-corrected chi connectivity index (χ4v) is 4.00. The summed E-state index contributed by atoms with van der Waals surface area (Å²) >= 11 is 0.827. The van der Waals surface area contributed by atoms with E-state index in [-0.39, 0.29) is 21.3 Å². The lowest BCUT2D eigenvalue weighted by atomic mass is 10.1. The van der Waals surface area contributed by atoms with Crippen molar-refractivity contribution in [2.24, 2.45) is 12.8 Å². The molecule has 178 valence electrons. The van der Waals surface area contributed by atoms with Crippen LogP contribution in [0.25, 0.3) is 10.6 Å². The number of aryl methyl sites for hydroxylation is 1. The lowest BCUT2D eigenvalue weighted by molar-refractivity contribution is -0.137. The Bertz CT molecular complexity index is 1070. The van der Waals surface area contributed by atoms with Gasteiger partial charge in [-0.15, -0.1) is 0 Å². The molecule has 0 radical (unpaired) electrons. The highest BCUT2D eigenvalue weighted by Crippen LogP contribution is 2.39. The molecule has 8 nitrogen and oxygen atoms in total. The van der Waals surface area contributed by atoms with Crippen LogP contribution in [-0.2, 0) is 18.0 Å². The van der Waals surface area contributed by atoms with Gasteiger partial charge in [0.05, 0.1) is 17.4 Å². The predicted molar refractivity (Wildman–Crippen MR) is 121 cm³/mol. The molecule has 4 rings (SSSR count). The van der Waals surface area contributed by atoms with E-state index in [0.29, 0.717) is 11.7 Å². The molecule has 1 fully saturated rings. The molecule has 3 aromatic rings. The van der Waals surface area contributed by atoms with Gasteiger partial charge < -0.3 is 21.5 Å². The molecule has 1 aliphatic rings. The third kappa shape index (κ3) is 6.76. The van der Waals surface area contributed by atoms with Gasteiger partial charge in [0.15, 0.2) is 5.69 Å². The minimum absolute atomic E-state index is 0.0294. The number of halogens is 3. The molecule has 3 heterocycles. The van der Waals surface area contributed by atoms with Crippen LogP contribution in [0.3, 0.4) is 0 Å². The van der Waals surface area contributed by atoms with Gasteiger partial charge in [-0.2, -0.15) is 18.3 Å². The van der Waals surface area contributed by atoms with Gasteiger partial charge in [-0.1, -0.05) is 29.5 Å². The number of benzene rings is 1. The zero-order chi connectivity index (χ0) is 24.0. The summed E-state index contributed by atoms with van der Waals surface area (Å²) in [4.78, 5) is 16.3. The number of alkyl halides is 3. The van der Waals surface area contributed by atoms with Gasteiger partial charge >= 0.3 is 6.18 Å². The zero-order valence-electron chi connectivity index (χ0n) is 17.9. The quantitative estimate of drug-likeness (QED) is 0.521. The molecule has 1 aromatic carbocycles. The standard InChI is InChI=1S/C15H12F3N5OS.C6H13NO/c1-23-7-8(6-20-23)21-13(24)11-12(19)25-14(22-11)9-4-2-3-5-10(9)15(16,17)18;7-6-2-1-4-8-5-3-6/h2-7H,19H2,1H3,(H,21,24);6H,1-5,7H2. The average molecular weight is 483 g/mol. The molecule has 33 heavy (non-hydrogen) atoms. The SMILES string of the molecule is Cn1cc(NC(=O)c2nc(-c3ccccc3C(F)(F)F)sc2N)cn1.NC1CCCOCC1. The summed E-state index contributed by atoms with van der Waals surface area (Å²) in [5, 5.41) is 6.52. The summed E-state index contributed by atoms with van der Waals surface area (Å²) in [7, 11) is 1.68. The van der Waals surface area contributed by atoms with E-state index < -0.39 is 17.6 Å². The van der Waals surface area contributed by atoms with Crippen LogP contribution in [0.4, 0.5) is 23.9 Å². The normalized spacial score (nSPS) is 16.5. The number of hydrogen-bond donors (Lipinski definition) is 3. The Balaban J connectivity index is 0.000000323. The summed E-state index contributed by atoms with van der Waals surface area (Å²) in [5.74, 6) is -0.613. The summed E-state index contributed by atoms with van der Waals surface area (Å²) in [6.45, 7) is 1.77. The fourth-order valence-electron chi connectivity index (χ4n) is 3.13. The number of ether oxygens (including phenoxy) is 1. The minimum atomic E-state index is -4.53. The van der Waals surface area contributed by atoms with Crippen molar-refractivity contribution >= 4 is 27.9 Å². The molecular formula is C21H25F3N6O2S. The molecule has 1 unspecified atom stereocenters. The number of nitrogens with one attached hydrogen (secondary N) is 1. The molecule has 2 aromatic heterocycles. The first kappa shape index (κ1) is 24.7. The van der Waals surface area contributed by atoms with Crippen LogP contribution in [0.15, 0.2) is 36.7 Å². The number of amides is 1. The van der Waals surface area contributed by atoms with Crippen molar-refractivity contribution in [2.45, 2.75) is 31.5 Å². The molecule has 12 heteroatoms. The molecule has 0 aliphatic carbocycles. The fraction of sp³-hybridized carbons (Fsp3) is 0.381. The lowest BCUT2D eigenvalue weighted by Crippen LogP contribution is -2.19. The minimum Gasteiger partial charge on any atom is -0.389 e. The molecule has 0 spiro atoms. The Kier molecular flexibility index (Phi) is 8.06. The number of nitrogens with zero attached hydrogens (tertiary/aromatic N) is 3. The lowest BCUT2D eigenvalue weighted by Gasteiger charge is -2.10. The van der Waals surface area contributed by atoms with E-state index in [0.717, 1.165) is 49.9 Å². The van der Waals surface area contributed by atoms with E-state index in [1.54, 1.807) is 13.2 Å². The zero-order valence-corrected chi connectivity index (χ0v) is 18.7. The van der Waals surface area contributed by atoms with Crippen LogP contribution in [0.2, 0.25) is 0 Å². The van der Waals surface area contributed by atoms with Gasteiger partial charge in [0.1, 0.15) is 10.0 Å². The molecule has 0 saturated carbocycles. The van der Waals surface area contributed by atoms with Gasteiger partial charge in [-0.05, 0) is 25.3 Å². The number of thiazole rings is 1. The number of nitrogens with two attached hydrogens (primary N) is 2. The Morgan fingerprint density at radius 2 is 2.03 bits per heavy atom. The van der Waals surface area contributed by atoms with E-state index in [1.165, 1.54) is 29.1 Å². The first-order valence-electron chi connectivity index (χ1n) is 10.2. The number of rotatable bonds is 3. The monoisotopic (exact) mass is 482 g/mol. The van der Waals surface area contributed by atoms with Gasteiger partial charge in [0, 0.05) is 38.1 Å². The van der Waals surface area contributed by atoms with E-state index in [9.17, 15) is 18.0 Å². The van der Waals surface area contributed by atoms with Gasteiger partial charge in [0.2, 0.25) is 0 Å². The molecule has 1 aliphatic heterocycles. The van der Waals surface area contributed by atoms with E-state index >= 15 is 0 Å². The number of anilines is 2. The second kappa shape index (κ2) is 10.8. The third-order valence-corrected chi connectivity index (χ3v) is 5.71. The Labute approximate surface area is 192 Å². The van der Waals surface area contributed by atoms with Crippen molar-refractivity contribution < 1.29 is 22.7 Å². The van der Waals surface area contributed by atoms with E-state index in [1.807, 2.05) is 0 Å². The van der Waals surface area contributed by atoms with Crippen molar-refractivity contribution in [2.75, 3.05) is 24.3 Å². The smallest absolute Gasteiger partial charge is 0.389 e. The second-order valence-corrected chi connectivity index (χ2v) is 8.47. The number of aromatic nitrogens is 3. The first-order valence-corrected chi connectivity index (χ1v) is 11.0. The van der Waals surface area contributed by atoms with Gasteiger partial charge in [-0.25, -0.2) is 4.98 Å². The largest absolute Gasteiger partial charge is 0.417 e. The Morgan fingerprint density at radius 1 is 1.27 bits per heavy atom. The summed E-state index contributed by atoms with van der Waals surface area (Å²) in [6.07, 6.45) is 1.79. The van der Waals surface area contributed by atoms with Crippen molar-refractivity contribution in [3.8, 4) is 10.6 Å². The van der Waals surface area contributed by atoms with Gasteiger partial charge in [0.25, 0.3) is 5.91 Å². The van der Waals surface area contributed by atoms with E-state index in [4.69, 9.17) is 16.2 Å². The van der Waals surface area contributed by atoms with E-state index in [2.05, 4.69) is 15.4 Å². The highest BCUT2D eigenvalue weighted by atomic mass is 32.1. The number of nitrogen functional groups attached to an aromatic ring is 1. The molecular weight excluding hydrogens is 457 g/mol. The number of carbonyl (C=O) groups is 1. The Hall–Kier alpha value is -2.96. The van der Waals surface area contributed by atoms with Crippen molar-refractivity contribution in [3.63, 3.8) is 0 Å². The van der Waals surface area contributed by atoms with Crippen LogP contribution < -0.4 is 16.8 Å². The van der Waals surface area contributed by atoms with Crippen LogP contribution in [0.1, 0.15) is 35.3 Å². The topological polar surface area (TPSA) is 121 Å². The maximum absolute atomic E-state index is 13.1. The second-order valence-electron chi connectivity index (χ2n) is 7.44. The van der Waals surface area contributed by atoms with Crippen molar-refractivity contribution in [1.29, 1.82) is 0 Å².